The number of nitrogens with zero attached hydrogens (tertiary/aromatic N) is 4. The highest BCUT2D eigenvalue weighted by atomic mass is 32.2. The van der Waals surface area contributed by atoms with Crippen LogP contribution in [-0.4, -0.2) is 113 Å². The summed E-state index contributed by atoms with van der Waals surface area (Å²) in [6, 6.07) is -1.06. The van der Waals surface area contributed by atoms with Crippen LogP contribution in [0.1, 0.15) is 46.3 Å². The highest BCUT2D eigenvalue weighted by molar-refractivity contribution is 7.97. The zero-order valence-electron chi connectivity index (χ0n) is 24.9. The summed E-state index contributed by atoms with van der Waals surface area (Å²) in [7, 11) is -0.560. The van der Waals surface area contributed by atoms with E-state index < -0.39 is 59.1 Å². The third-order valence-corrected chi connectivity index (χ3v) is 8.62. The summed E-state index contributed by atoms with van der Waals surface area (Å²) in [6.07, 6.45) is -1.37. The van der Waals surface area contributed by atoms with Gasteiger partial charge in [-0.25, -0.2) is 19.7 Å². The van der Waals surface area contributed by atoms with E-state index in [1.54, 1.807) is 20.8 Å². The number of alkyl carbamates (subject to hydrolysis) is 1. The highest BCUT2D eigenvalue weighted by Crippen LogP contribution is 2.33. The fourth-order valence-electron chi connectivity index (χ4n) is 4.22. The van der Waals surface area contributed by atoms with E-state index in [1.807, 2.05) is 0 Å². The average Bonchev–Trinajstić information content (AvgIpc) is 3.49. The number of amides is 2. The van der Waals surface area contributed by atoms with E-state index in [4.69, 9.17) is 20.9 Å². The molecule has 6 atom stereocenters. The third kappa shape index (κ3) is 10.2. The van der Waals surface area contributed by atoms with Crippen LogP contribution in [0.4, 0.5) is 10.6 Å². The number of aromatic nitrogens is 4. The van der Waals surface area contributed by atoms with Crippen LogP contribution >= 0.6 is 0 Å². The first kappa shape index (κ1) is 34.8. The number of hydrogen-bond donors (Lipinski definition) is 7. The zero-order chi connectivity index (χ0) is 32.4. The summed E-state index contributed by atoms with van der Waals surface area (Å²) < 4.78 is 12.7. The lowest BCUT2D eigenvalue weighted by Crippen LogP contribution is -2.38. The number of carboxylic acid groups (broad SMARTS) is 1. The van der Waals surface area contributed by atoms with Crippen molar-refractivity contribution in [3.05, 3.63) is 12.7 Å². The molecule has 3 heterocycles. The summed E-state index contributed by atoms with van der Waals surface area (Å²) in [6.45, 7) is 5.68. The van der Waals surface area contributed by atoms with Crippen molar-refractivity contribution in [2.75, 3.05) is 36.1 Å². The minimum Gasteiger partial charge on any atom is -0.480 e. The lowest BCUT2D eigenvalue weighted by atomic mass is 10.1. The lowest BCUT2D eigenvalue weighted by molar-refractivity contribution is -0.138. The average molecular weight is 638 g/mol. The van der Waals surface area contributed by atoms with Crippen LogP contribution in [-0.2, 0) is 30.0 Å². The number of imidazole rings is 1. The summed E-state index contributed by atoms with van der Waals surface area (Å²) in [5.41, 5.74) is 11.6. The van der Waals surface area contributed by atoms with E-state index in [-0.39, 0.29) is 36.9 Å². The van der Waals surface area contributed by atoms with Gasteiger partial charge in [-0.15, -0.1) is 0 Å². The van der Waals surface area contributed by atoms with Crippen LogP contribution in [0.5, 0.6) is 0 Å². The molecule has 1 fully saturated rings. The number of ether oxygens (including phenoxy) is 2. The van der Waals surface area contributed by atoms with Crippen LogP contribution < -0.4 is 22.1 Å². The van der Waals surface area contributed by atoms with E-state index >= 15 is 0 Å². The Morgan fingerprint density at radius 3 is 2.64 bits per heavy atom. The number of carboxylic acids is 1. The topological polar surface area (TPSA) is 250 Å². The first-order valence-corrected chi connectivity index (χ1v) is 15.8. The normalized spacial score (nSPS) is 21.2. The van der Waals surface area contributed by atoms with Gasteiger partial charge in [-0.05, 0) is 33.1 Å². The van der Waals surface area contributed by atoms with Crippen molar-refractivity contribution >= 4 is 45.8 Å². The standard InChI is InChI=1S/C27H40N8O8S/c1-27(2,3)43-26(41)31-10-6-7-18(36)30-9-4-5-11-44(12-8-16(28)25(39)40)13-17-20(37)21(38)24(42-17)35-15-34-19-22(29)32-14-33-23(19)35/h14-17,20-21,24,37-38H,6-13,28H2,1-3H3,(H4-,29,30,31,32,33,36,39,40,41)/p+1/t16-,17+,20?,21-,24+,44?/m0/s1. The third-order valence-electron chi connectivity index (χ3n) is 6.46. The van der Waals surface area contributed by atoms with Crippen LogP contribution in [0.15, 0.2) is 12.7 Å². The monoisotopic (exact) mass is 637 g/mol. The largest absolute Gasteiger partial charge is 0.480 e. The molecule has 0 saturated carbocycles. The number of nitrogen functional groups attached to an aromatic ring is 1. The number of hydrogen-bond acceptors (Lipinski definition) is 12. The molecule has 242 valence electrons. The van der Waals surface area contributed by atoms with Crippen LogP contribution in [0, 0.1) is 11.8 Å². The molecule has 2 aromatic heterocycles. The van der Waals surface area contributed by atoms with Crippen molar-refractivity contribution in [2.24, 2.45) is 5.73 Å². The minimum atomic E-state index is -1.29. The second-order valence-corrected chi connectivity index (χ2v) is 13.4. The van der Waals surface area contributed by atoms with Crippen molar-refractivity contribution in [2.45, 2.75) is 76.2 Å². The number of anilines is 1. The minimum absolute atomic E-state index is 0.103. The van der Waals surface area contributed by atoms with Gasteiger partial charge in [-0.3, -0.25) is 14.2 Å². The second kappa shape index (κ2) is 15.9. The van der Waals surface area contributed by atoms with Crippen molar-refractivity contribution in [1.82, 2.24) is 30.2 Å². The van der Waals surface area contributed by atoms with Gasteiger partial charge < -0.3 is 46.9 Å². The first-order valence-electron chi connectivity index (χ1n) is 14.0. The van der Waals surface area contributed by atoms with E-state index in [2.05, 4.69) is 37.4 Å². The molecule has 1 aliphatic rings. The molecular weight excluding hydrogens is 596 g/mol. The Morgan fingerprint density at radius 2 is 1.93 bits per heavy atom. The van der Waals surface area contributed by atoms with Crippen molar-refractivity contribution in [3.63, 3.8) is 0 Å². The number of fused-ring (bicyclic) bond motifs is 1. The molecule has 16 nitrogen and oxygen atoms in total. The number of aliphatic carboxylic acids is 1. The molecule has 3 rings (SSSR count). The SMILES string of the molecule is CC(C)(C)OC(=O)NCCCC(=O)NCC#CC[S+](CC[C@H](N)C(=O)O)C[C@H]1O[C@@H](n2cnc3c(N)ncnc32)[C@@H](O)C1O. The Morgan fingerprint density at radius 1 is 1.18 bits per heavy atom. The number of carbonyl (C=O) groups excluding carboxylic acids is 2. The first-order chi connectivity index (χ1) is 20.8. The van der Waals surface area contributed by atoms with Gasteiger partial charge in [0, 0.05) is 30.3 Å². The Hall–Kier alpha value is -3.69. The molecule has 2 unspecified atom stereocenters. The van der Waals surface area contributed by atoms with Crippen LogP contribution in [0.2, 0.25) is 0 Å². The Bertz CT molecular complexity index is 1360. The van der Waals surface area contributed by atoms with Crippen molar-refractivity contribution in [1.29, 1.82) is 0 Å². The molecule has 0 bridgehead atoms. The predicted molar refractivity (Wildman–Crippen MR) is 162 cm³/mol. The van der Waals surface area contributed by atoms with Crippen molar-refractivity contribution in [3.8, 4) is 11.8 Å². The molecule has 0 aromatic carbocycles. The van der Waals surface area contributed by atoms with E-state index in [0.29, 0.717) is 35.6 Å². The lowest BCUT2D eigenvalue weighted by Gasteiger charge is -2.19. The number of aliphatic hydroxyl groups is 2. The summed E-state index contributed by atoms with van der Waals surface area (Å²) in [5.74, 6) is 5.75. The van der Waals surface area contributed by atoms with Gasteiger partial charge in [-0.1, -0.05) is 5.92 Å². The smallest absolute Gasteiger partial charge is 0.407 e. The van der Waals surface area contributed by atoms with Crippen LogP contribution in [0.25, 0.3) is 11.2 Å². The van der Waals surface area contributed by atoms with E-state index in [9.17, 15) is 29.7 Å². The van der Waals surface area contributed by atoms with Gasteiger partial charge in [0.2, 0.25) is 5.91 Å². The molecule has 0 spiro atoms. The summed E-state index contributed by atoms with van der Waals surface area (Å²) in [4.78, 5) is 47.3. The zero-order valence-corrected chi connectivity index (χ0v) is 25.7. The van der Waals surface area contributed by atoms with Gasteiger partial charge in [0.25, 0.3) is 0 Å². The van der Waals surface area contributed by atoms with Crippen molar-refractivity contribution < 1.29 is 39.2 Å². The Balaban J connectivity index is 1.52. The number of nitrogens with one attached hydrogen (secondary N) is 2. The van der Waals surface area contributed by atoms with Crippen LogP contribution in [0.3, 0.4) is 0 Å². The van der Waals surface area contributed by atoms with E-state index in [1.165, 1.54) is 17.2 Å². The predicted octanol–water partition coefficient (Wildman–Crippen LogP) is -1.13. The van der Waals surface area contributed by atoms with Gasteiger partial charge in [-0.2, -0.15) is 0 Å². The highest BCUT2D eigenvalue weighted by Gasteiger charge is 2.47. The number of nitrogens with two attached hydrogens (primary N) is 2. The molecule has 17 heteroatoms. The maximum atomic E-state index is 12.1. The van der Waals surface area contributed by atoms with E-state index in [0.717, 1.165) is 0 Å². The molecule has 2 aromatic rings. The molecular formula is C27H41N8O8S+. The molecule has 44 heavy (non-hydrogen) atoms. The molecule has 1 saturated heterocycles. The molecule has 0 radical (unpaired) electrons. The second-order valence-electron chi connectivity index (χ2n) is 11.2. The number of aliphatic hydroxyl groups excluding tert-OH is 2. The van der Waals surface area contributed by atoms with Gasteiger partial charge in [0.05, 0.1) is 12.9 Å². The van der Waals surface area contributed by atoms with Gasteiger partial charge in [0.15, 0.2) is 23.4 Å². The van der Waals surface area contributed by atoms with Gasteiger partial charge in [0.1, 0.15) is 53.3 Å². The summed E-state index contributed by atoms with van der Waals surface area (Å²) >= 11 is 0. The summed E-state index contributed by atoms with van der Waals surface area (Å²) in [5, 5.41) is 36.1. The van der Waals surface area contributed by atoms with Gasteiger partial charge >= 0.3 is 12.1 Å². The molecule has 9 N–H and O–H groups in total. The molecule has 2 amide bonds. The number of rotatable bonds is 13. The Kier molecular flexibility index (Phi) is 12.5. The fourth-order valence-corrected chi connectivity index (χ4v) is 6.28. The quantitative estimate of drug-likeness (QED) is 0.0781. The Labute approximate surface area is 257 Å². The molecule has 1 aliphatic heterocycles. The molecule has 0 aliphatic carbocycles. The fraction of sp³-hybridized carbons (Fsp3) is 0.630. The number of carbonyl (C=O) groups is 3. The maximum absolute atomic E-state index is 12.1. The maximum Gasteiger partial charge on any atom is 0.407 e.